The van der Waals surface area contributed by atoms with Gasteiger partial charge in [-0.3, -0.25) is 4.79 Å². The molecule has 1 saturated heterocycles. The van der Waals surface area contributed by atoms with Gasteiger partial charge in [-0.05, 0) is 49.6 Å². The normalized spacial score (nSPS) is 16.8. The number of hydrogen-bond acceptors (Lipinski definition) is 7. The molecule has 3 aromatic rings. The van der Waals surface area contributed by atoms with Gasteiger partial charge in [0, 0.05) is 34.7 Å². The molecule has 0 radical (unpaired) electrons. The van der Waals surface area contributed by atoms with Crippen LogP contribution in [0.25, 0.3) is 10.6 Å². The molecule has 0 bridgehead atoms. The molecule has 0 aliphatic carbocycles. The highest BCUT2D eigenvalue weighted by atomic mass is 32.1. The first-order valence-electron chi connectivity index (χ1n) is 11.6. The van der Waals surface area contributed by atoms with Gasteiger partial charge >= 0.3 is 6.18 Å². The van der Waals surface area contributed by atoms with E-state index in [0.29, 0.717) is 37.1 Å². The first-order valence-corrected chi connectivity index (χ1v) is 12.4. The Morgan fingerprint density at radius 3 is 2.64 bits per heavy atom. The third-order valence-corrected chi connectivity index (χ3v) is 7.13. The molecule has 192 valence electrons. The minimum Gasteiger partial charge on any atom is -0.493 e. The lowest BCUT2D eigenvalue weighted by atomic mass is 10.1. The molecule has 1 amide bonds. The summed E-state index contributed by atoms with van der Waals surface area (Å²) in [5, 5.41) is 10.4. The number of aromatic nitrogens is 3. The van der Waals surface area contributed by atoms with Crippen LogP contribution in [0.5, 0.6) is 5.75 Å². The van der Waals surface area contributed by atoms with Crippen LogP contribution in [0.2, 0.25) is 0 Å². The van der Waals surface area contributed by atoms with Crippen LogP contribution in [0.4, 0.5) is 13.2 Å². The van der Waals surface area contributed by atoms with Gasteiger partial charge in [0.15, 0.2) is 5.69 Å². The summed E-state index contributed by atoms with van der Waals surface area (Å²) < 4.78 is 49.8. The number of nitrogens with zero attached hydrogens (tertiary/aromatic N) is 3. The number of ether oxygens (including phenoxy) is 2. The molecule has 1 aliphatic heterocycles. The van der Waals surface area contributed by atoms with E-state index in [1.54, 1.807) is 30.4 Å². The maximum Gasteiger partial charge on any atom is 0.435 e. The second-order valence-corrected chi connectivity index (χ2v) is 10.1. The van der Waals surface area contributed by atoms with Gasteiger partial charge < -0.3 is 14.8 Å². The number of alkyl halides is 3. The number of carbonyl (C=O) groups excluding carboxylic acids is 1. The Bertz CT molecular complexity index is 1190. The van der Waals surface area contributed by atoms with Crippen LogP contribution in [0.1, 0.15) is 65.8 Å². The summed E-state index contributed by atoms with van der Waals surface area (Å²) in [5.74, 6) is 0.733. The molecule has 1 unspecified atom stereocenters. The molecule has 1 N–H and O–H groups in total. The van der Waals surface area contributed by atoms with E-state index in [0.717, 1.165) is 27.9 Å². The molecular weight excluding hydrogens is 493 g/mol. The zero-order chi connectivity index (χ0) is 25.9. The molecule has 0 saturated carbocycles. The minimum absolute atomic E-state index is 0.215. The molecule has 7 nitrogen and oxygen atoms in total. The Morgan fingerprint density at radius 1 is 1.22 bits per heavy atom. The Balaban J connectivity index is 1.55. The van der Waals surface area contributed by atoms with Crippen molar-refractivity contribution in [3.8, 4) is 16.3 Å². The quantitative estimate of drug-likeness (QED) is 0.413. The molecule has 2 aromatic heterocycles. The number of halogens is 3. The molecule has 11 heteroatoms. The van der Waals surface area contributed by atoms with Gasteiger partial charge in [-0.2, -0.15) is 18.3 Å². The molecular formula is C25H27F3N4O3S. The zero-order valence-electron chi connectivity index (χ0n) is 20.1. The van der Waals surface area contributed by atoms with Crippen molar-refractivity contribution < 1.29 is 27.4 Å². The molecule has 4 rings (SSSR count). The van der Waals surface area contributed by atoms with Crippen molar-refractivity contribution >= 4 is 17.2 Å². The van der Waals surface area contributed by atoms with Crippen LogP contribution in [-0.4, -0.2) is 40.9 Å². The number of amides is 1. The minimum atomic E-state index is -4.58. The number of benzene rings is 1. The standard InChI is InChI=1S/C25H27F3N4O3S/c1-14(2)21-11-29-24(36-21)18-8-17(9-19(10-18)35-13-16-6-7-34-12-16)23(33)30-15(3)20-4-5-22(32-31-20)25(26,27)28/h4-5,8-11,14-16H,6-7,12-13H2,1-3H3,(H,30,33)/t15-,16?/m1/s1. The highest BCUT2D eigenvalue weighted by molar-refractivity contribution is 7.15. The summed E-state index contributed by atoms with van der Waals surface area (Å²) in [5.41, 5.74) is 0.222. The number of rotatable bonds is 8. The average Bonchev–Trinajstić information content (AvgIpc) is 3.54. The van der Waals surface area contributed by atoms with Gasteiger partial charge in [0.05, 0.1) is 24.9 Å². The lowest BCUT2D eigenvalue weighted by molar-refractivity contribution is -0.141. The lowest BCUT2D eigenvalue weighted by Crippen LogP contribution is -2.27. The van der Waals surface area contributed by atoms with Gasteiger partial charge in [-0.25, -0.2) is 4.98 Å². The summed E-state index contributed by atoms with van der Waals surface area (Å²) in [6.07, 6.45) is -1.83. The Labute approximate surface area is 211 Å². The maximum atomic E-state index is 13.1. The van der Waals surface area contributed by atoms with Crippen molar-refractivity contribution in [3.05, 3.63) is 58.4 Å². The summed E-state index contributed by atoms with van der Waals surface area (Å²) >= 11 is 1.55. The van der Waals surface area contributed by atoms with E-state index in [-0.39, 0.29) is 11.6 Å². The Morgan fingerprint density at radius 2 is 2.03 bits per heavy atom. The topological polar surface area (TPSA) is 86.2 Å². The predicted molar refractivity (Wildman–Crippen MR) is 129 cm³/mol. The van der Waals surface area contributed by atoms with Crippen molar-refractivity contribution in [2.75, 3.05) is 19.8 Å². The third kappa shape index (κ3) is 6.38. The van der Waals surface area contributed by atoms with Crippen LogP contribution in [0.15, 0.2) is 36.5 Å². The van der Waals surface area contributed by atoms with Crippen molar-refractivity contribution in [2.45, 2.75) is 45.3 Å². The molecule has 36 heavy (non-hydrogen) atoms. The van der Waals surface area contributed by atoms with Gasteiger partial charge in [0.1, 0.15) is 10.8 Å². The van der Waals surface area contributed by atoms with Gasteiger partial charge in [-0.15, -0.1) is 16.4 Å². The molecule has 1 fully saturated rings. The molecule has 3 heterocycles. The fourth-order valence-corrected chi connectivity index (χ4v) is 4.54. The number of nitrogens with one attached hydrogen (secondary N) is 1. The average molecular weight is 521 g/mol. The van der Waals surface area contributed by atoms with E-state index in [2.05, 4.69) is 34.3 Å². The molecule has 2 atom stereocenters. The van der Waals surface area contributed by atoms with Crippen molar-refractivity contribution in [1.29, 1.82) is 0 Å². The Hall–Kier alpha value is -3.05. The number of hydrogen-bond donors (Lipinski definition) is 1. The summed E-state index contributed by atoms with van der Waals surface area (Å²) in [7, 11) is 0. The largest absolute Gasteiger partial charge is 0.493 e. The lowest BCUT2D eigenvalue weighted by Gasteiger charge is -2.16. The van der Waals surface area contributed by atoms with E-state index in [9.17, 15) is 18.0 Å². The van der Waals surface area contributed by atoms with E-state index in [1.165, 1.54) is 6.07 Å². The maximum absolute atomic E-state index is 13.1. The first-order chi connectivity index (χ1) is 17.1. The second-order valence-electron chi connectivity index (χ2n) is 9.05. The highest BCUT2D eigenvalue weighted by Gasteiger charge is 2.33. The van der Waals surface area contributed by atoms with Crippen molar-refractivity contribution in [3.63, 3.8) is 0 Å². The van der Waals surface area contributed by atoms with E-state index < -0.39 is 23.8 Å². The molecule has 0 spiro atoms. The summed E-state index contributed by atoms with van der Waals surface area (Å²) in [6, 6.07) is 6.63. The van der Waals surface area contributed by atoms with Crippen LogP contribution in [0, 0.1) is 5.92 Å². The van der Waals surface area contributed by atoms with Crippen LogP contribution < -0.4 is 10.1 Å². The Kier molecular flexibility index (Phi) is 7.89. The predicted octanol–water partition coefficient (Wildman–Crippen LogP) is 5.65. The zero-order valence-corrected chi connectivity index (χ0v) is 20.9. The second kappa shape index (κ2) is 10.9. The number of thiazole rings is 1. The van der Waals surface area contributed by atoms with E-state index >= 15 is 0 Å². The van der Waals surface area contributed by atoms with Crippen LogP contribution >= 0.6 is 11.3 Å². The highest BCUT2D eigenvalue weighted by Crippen LogP contribution is 2.33. The van der Waals surface area contributed by atoms with Crippen LogP contribution in [-0.2, 0) is 10.9 Å². The smallest absolute Gasteiger partial charge is 0.435 e. The van der Waals surface area contributed by atoms with E-state index in [4.69, 9.17) is 9.47 Å². The SMILES string of the molecule is CC(C)c1cnc(-c2cc(OCC3CCOC3)cc(C(=O)N[C@H](C)c3ccc(C(F)(F)F)nn3)c2)s1. The van der Waals surface area contributed by atoms with Gasteiger partial charge in [0.2, 0.25) is 0 Å². The third-order valence-electron chi connectivity index (χ3n) is 5.78. The fraction of sp³-hybridized carbons (Fsp3) is 0.440. The van der Waals surface area contributed by atoms with Crippen molar-refractivity contribution in [2.24, 2.45) is 5.92 Å². The summed E-state index contributed by atoms with van der Waals surface area (Å²) in [6.45, 7) is 7.63. The van der Waals surface area contributed by atoms with Crippen molar-refractivity contribution in [1.82, 2.24) is 20.5 Å². The van der Waals surface area contributed by atoms with Gasteiger partial charge in [0.25, 0.3) is 5.91 Å². The number of carbonyl (C=O) groups is 1. The van der Waals surface area contributed by atoms with Gasteiger partial charge in [-0.1, -0.05) is 13.8 Å². The summed E-state index contributed by atoms with van der Waals surface area (Å²) in [4.78, 5) is 18.8. The van der Waals surface area contributed by atoms with Crippen LogP contribution in [0.3, 0.4) is 0 Å². The monoisotopic (exact) mass is 520 g/mol. The van der Waals surface area contributed by atoms with E-state index in [1.807, 2.05) is 12.3 Å². The molecule has 1 aromatic carbocycles. The molecule has 1 aliphatic rings. The first kappa shape index (κ1) is 26.0. The fourth-order valence-electron chi connectivity index (χ4n) is 3.63.